The van der Waals surface area contributed by atoms with Crippen molar-refractivity contribution in [2.45, 2.75) is 51.2 Å². The summed E-state index contributed by atoms with van der Waals surface area (Å²) in [6, 6.07) is 0. The number of aliphatic hydroxyl groups excluding tert-OH is 2. The van der Waals surface area contributed by atoms with Gasteiger partial charge in [0.1, 0.15) is 0 Å². The number of hydrogen-bond acceptors (Lipinski definition) is 2. The van der Waals surface area contributed by atoms with E-state index in [1.54, 1.807) is 0 Å². The summed E-state index contributed by atoms with van der Waals surface area (Å²) in [7, 11) is 0. The van der Waals surface area contributed by atoms with Gasteiger partial charge in [0.15, 0.2) is 0 Å². The Hall–Kier alpha value is -0.0800. The highest BCUT2D eigenvalue weighted by Crippen LogP contribution is 2.27. The van der Waals surface area contributed by atoms with Crippen LogP contribution in [-0.4, -0.2) is 22.4 Å². The van der Waals surface area contributed by atoms with Gasteiger partial charge in [-0.2, -0.15) is 0 Å². The van der Waals surface area contributed by atoms with Crippen LogP contribution in [0, 0.1) is 5.92 Å². The topological polar surface area (TPSA) is 40.5 Å². The van der Waals surface area contributed by atoms with Gasteiger partial charge >= 0.3 is 0 Å². The first-order valence-electron chi connectivity index (χ1n) is 4.61. The third kappa shape index (κ3) is 2.17. The van der Waals surface area contributed by atoms with E-state index in [0.717, 1.165) is 25.7 Å². The van der Waals surface area contributed by atoms with Gasteiger partial charge in [0.25, 0.3) is 0 Å². The van der Waals surface area contributed by atoms with Crippen LogP contribution in [0.5, 0.6) is 0 Å². The molecule has 0 aromatic carbocycles. The summed E-state index contributed by atoms with van der Waals surface area (Å²) in [5, 5.41) is 19.0. The molecule has 1 fully saturated rings. The fourth-order valence-electron chi connectivity index (χ4n) is 1.89. The molecule has 0 bridgehead atoms. The molecule has 1 aliphatic rings. The Kier molecular flexibility index (Phi) is 3.34. The SMILES string of the molecule is CCC(O)C1CCCCC1O. The largest absolute Gasteiger partial charge is 0.393 e. The smallest absolute Gasteiger partial charge is 0.0593 e. The Labute approximate surface area is 68.2 Å². The van der Waals surface area contributed by atoms with E-state index in [1.165, 1.54) is 6.42 Å². The molecular formula is C9H18O2. The van der Waals surface area contributed by atoms with Gasteiger partial charge in [-0.15, -0.1) is 0 Å². The van der Waals surface area contributed by atoms with Crippen molar-refractivity contribution < 1.29 is 10.2 Å². The second-order valence-electron chi connectivity index (χ2n) is 3.49. The fraction of sp³-hybridized carbons (Fsp3) is 1.00. The summed E-state index contributed by atoms with van der Waals surface area (Å²) in [6.45, 7) is 1.96. The molecule has 0 radical (unpaired) electrons. The second-order valence-corrected chi connectivity index (χ2v) is 3.49. The van der Waals surface area contributed by atoms with Crippen LogP contribution in [0.2, 0.25) is 0 Å². The van der Waals surface area contributed by atoms with Gasteiger partial charge in [0.2, 0.25) is 0 Å². The Balaban J connectivity index is 2.40. The molecule has 0 amide bonds. The van der Waals surface area contributed by atoms with Crippen LogP contribution in [0.4, 0.5) is 0 Å². The molecule has 2 nitrogen and oxygen atoms in total. The average molecular weight is 158 g/mol. The fourth-order valence-corrected chi connectivity index (χ4v) is 1.89. The van der Waals surface area contributed by atoms with Crippen LogP contribution < -0.4 is 0 Å². The average Bonchev–Trinajstić information content (AvgIpc) is 2.04. The zero-order valence-corrected chi connectivity index (χ0v) is 7.16. The van der Waals surface area contributed by atoms with E-state index in [2.05, 4.69) is 0 Å². The van der Waals surface area contributed by atoms with Crippen LogP contribution in [-0.2, 0) is 0 Å². The summed E-state index contributed by atoms with van der Waals surface area (Å²) >= 11 is 0. The predicted octanol–water partition coefficient (Wildman–Crippen LogP) is 1.31. The molecule has 2 N–H and O–H groups in total. The van der Waals surface area contributed by atoms with Crippen LogP contribution >= 0.6 is 0 Å². The molecule has 0 aromatic rings. The third-order valence-electron chi connectivity index (χ3n) is 2.69. The molecule has 0 saturated heterocycles. The summed E-state index contributed by atoms with van der Waals surface area (Å²) in [4.78, 5) is 0. The zero-order valence-electron chi connectivity index (χ0n) is 7.16. The lowest BCUT2D eigenvalue weighted by atomic mass is 9.82. The summed E-state index contributed by atoms with van der Waals surface area (Å²) in [5.41, 5.74) is 0. The maximum Gasteiger partial charge on any atom is 0.0593 e. The first-order chi connectivity index (χ1) is 5.25. The van der Waals surface area contributed by atoms with Gasteiger partial charge in [-0.05, 0) is 19.3 Å². The molecule has 3 atom stereocenters. The quantitative estimate of drug-likeness (QED) is 0.636. The molecule has 2 heteroatoms. The summed E-state index contributed by atoms with van der Waals surface area (Å²) < 4.78 is 0. The molecule has 66 valence electrons. The first-order valence-corrected chi connectivity index (χ1v) is 4.61. The molecule has 1 rings (SSSR count). The number of rotatable bonds is 2. The van der Waals surface area contributed by atoms with Crippen molar-refractivity contribution in [2.24, 2.45) is 5.92 Å². The Bertz CT molecular complexity index is 110. The van der Waals surface area contributed by atoms with Gasteiger partial charge < -0.3 is 10.2 Å². The van der Waals surface area contributed by atoms with Crippen molar-refractivity contribution in [3.63, 3.8) is 0 Å². The van der Waals surface area contributed by atoms with E-state index in [9.17, 15) is 10.2 Å². The maximum atomic E-state index is 9.51. The Morgan fingerprint density at radius 2 is 2.00 bits per heavy atom. The normalized spacial score (nSPS) is 35.2. The van der Waals surface area contributed by atoms with E-state index in [-0.39, 0.29) is 18.1 Å². The molecular weight excluding hydrogens is 140 g/mol. The Morgan fingerprint density at radius 1 is 1.36 bits per heavy atom. The monoisotopic (exact) mass is 158 g/mol. The minimum Gasteiger partial charge on any atom is -0.393 e. The highest BCUT2D eigenvalue weighted by atomic mass is 16.3. The van der Waals surface area contributed by atoms with Crippen molar-refractivity contribution in [2.75, 3.05) is 0 Å². The van der Waals surface area contributed by atoms with E-state index >= 15 is 0 Å². The van der Waals surface area contributed by atoms with Crippen molar-refractivity contribution in [3.8, 4) is 0 Å². The number of aliphatic hydroxyl groups is 2. The van der Waals surface area contributed by atoms with Crippen LogP contribution in [0.25, 0.3) is 0 Å². The van der Waals surface area contributed by atoms with E-state index in [4.69, 9.17) is 0 Å². The number of hydrogen-bond donors (Lipinski definition) is 2. The molecule has 0 aromatic heterocycles. The first kappa shape index (κ1) is 9.01. The van der Waals surface area contributed by atoms with E-state index in [1.807, 2.05) is 6.92 Å². The summed E-state index contributed by atoms with van der Waals surface area (Å²) in [5.74, 6) is 0.147. The van der Waals surface area contributed by atoms with Crippen LogP contribution in [0.15, 0.2) is 0 Å². The van der Waals surface area contributed by atoms with Gasteiger partial charge in [-0.1, -0.05) is 19.8 Å². The molecule has 3 unspecified atom stereocenters. The van der Waals surface area contributed by atoms with E-state index < -0.39 is 0 Å². The zero-order chi connectivity index (χ0) is 8.27. The minimum absolute atomic E-state index is 0.147. The highest BCUT2D eigenvalue weighted by Gasteiger charge is 2.27. The molecule has 0 aliphatic heterocycles. The van der Waals surface area contributed by atoms with Crippen LogP contribution in [0.3, 0.4) is 0 Å². The third-order valence-corrected chi connectivity index (χ3v) is 2.69. The molecule has 0 heterocycles. The lowest BCUT2D eigenvalue weighted by molar-refractivity contribution is -0.0134. The lowest BCUT2D eigenvalue weighted by Crippen LogP contribution is -2.33. The second kappa shape index (κ2) is 4.07. The summed E-state index contributed by atoms with van der Waals surface area (Å²) in [6.07, 6.45) is 4.39. The van der Waals surface area contributed by atoms with Gasteiger partial charge in [-0.3, -0.25) is 0 Å². The van der Waals surface area contributed by atoms with E-state index in [0.29, 0.717) is 0 Å². The molecule has 1 saturated carbocycles. The van der Waals surface area contributed by atoms with Crippen molar-refractivity contribution in [1.29, 1.82) is 0 Å². The predicted molar refractivity (Wildman–Crippen MR) is 44.3 cm³/mol. The highest BCUT2D eigenvalue weighted by molar-refractivity contribution is 4.79. The maximum absolute atomic E-state index is 9.51. The lowest BCUT2D eigenvalue weighted by Gasteiger charge is -2.30. The molecule has 1 aliphatic carbocycles. The minimum atomic E-state index is -0.287. The molecule has 11 heavy (non-hydrogen) atoms. The molecule has 0 spiro atoms. The Morgan fingerprint density at radius 3 is 2.55 bits per heavy atom. The van der Waals surface area contributed by atoms with Crippen LogP contribution in [0.1, 0.15) is 39.0 Å². The van der Waals surface area contributed by atoms with Crippen molar-refractivity contribution in [1.82, 2.24) is 0 Å². The standard InChI is InChI=1S/C9H18O2/c1-2-8(10)7-5-3-4-6-9(7)11/h7-11H,2-6H2,1H3. The van der Waals surface area contributed by atoms with Gasteiger partial charge in [0.05, 0.1) is 12.2 Å². The van der Waals surface area contributed by atoms with Gasteiger partial charge in [0, 0.05) is 5.92 Å². The van der Waals surface area contributed by atoms with Crippen molar-refractivity contribution in [3.05, 3.63) is 0 Å². The van der Waals surface area contributed by atoms with Crippen molar-refractivity contribution >= 4 is 0 Å². The van der Waals surface area contributed by atoms with Gasteiger partial charge in [-0.25, -0.2) is 0 Å².